The van der Waals surface area contributed by atoms with Gasteiger partial charge in [-0.3, -0.25) is 14.8 Å². The summed E-state index contributed by atoms with van der Waals surface area (Å²) in [5.74, 6) is 0.870. The molecule has 0 saturated carbocycles. The summed E-state index contributed by atoms with van der Waals surface area (Å²) >= 11 is 5.94. The van der Waals surface area contributed by atoms with Gasteiger partial charge in [-0.1, -0.05) is 11.6 Å². The number of aromatic nitrogens is 5. The summed E-state index contributed by atoms with van der Waals surface area (Å²) in [5, 5.41) is 0.626. The Labute approximate surface area is 195 Å². The zero-order valence-electron chi connectivity index (χ0n) is 17.5. The van der Waals surface area contributed by atoms with Gasteiger partial charge in [0.1, 0.15) is 12.1 Å². The van der Waals surface area contributed by atoms with Crippen LogP contribution in [0, 0.1) is 0 Å². The summed E-state index contributed by atoms with van der Waals surface area (Å²) in [6.07, 6.45) is 13.0. The molecule has 0 spiro atoms. The van der Waals surface area contributed by atoms with E-state index in [0.717, 1.165) is 24.0 Å². The third kappa shape index (κ3) is 4.65. The lowest BCUT2D eigenvalue weighted by Gasteiger charge is -2.24. The van der Waals surface area contributed by atoms with E-state index in [1.165, 1.54) is 6.33 Å². The summed E-state index contributed by atoms with van der Waals surface area (Å²) in [7, 11) is 0. The molecule has 1 aromatic carbocycles. The molecule has 0 aliphatic carbocycles. The molecule has 1 amide bonds. The monoisotopic (exact) mass is 458 g/mol. The van der Waals surface area contributed by atoms with E-state index < -0.39 is 0 Å². The molecule has 0 radical (unpaired) electrons. The molecule has 8 nitrogen and oxygen atoms in total. The van der Waals surface area contributed by atoms with Gasteiger partial charge >= 0.3 is 0 Å². The molecule has 0 unspecified atom stereocenters. The average Bonchev–Trinajstić information content (AvgIpc) is 3.36. The molecular formula is C24H19ClN6O2. The van der Waals surface area contributed by atoms with E-state index in [-0.39, 0.29) is 11.9 Å². The summed E-state index contributed by atoms with van der Waals surface area (Å²) < 4.78 is 5.82. The lowest BCUT2D eigenvalue weighted by Crippen LogP contribution is -2.31. The van der Waals surface area contributed by atoms with Crippen LogP contribution in [0.5, 0.6) is 11.6 Å². The SMILES string of the molecule is O=C(c1cncc(-c2cncnc2)c1)N1CCC[C@@H]1c1cncc(Oc2ccc(Cl)cc2)n1. The van der Waals surface area contributed by atoms with Crippen LogP contribution in [0.25, 0.3) is 11.1 Å². The highest BCUT2D eigenvalue weighted by molar-refractivity contribution is 6.30. The minimum atomic E-state index is -0.192. The number of ether oxygens (including phenoxy) is 1. The fourth-order valence-corrected chi connectivity index (χ4v) is 3.97. The van der Waals surface area contributed by atoms with Gasteiger partial charge in [0.25, 0.3) is 5.91 Å². The van der Waals surface area contributed by atoms with Crippen molar-refractivity contribution >= 4 is 17.5 Å². The summed E-state index contributed by atoms with van der Waals surface area (Å²) in [6, 6.07) is 8.64. The summed E-state index contributed by atoms with van der Waals surface area (Å²) in [6.45, 7) is 0.631. The second kappa shape index (κ2) is 9.30. The number of carbonyl (C=O) groups excluding carboxylic acids is 1. The zero-order chi connectivity index (χ0) is 22.6. The van der Waals surface area contributed by atoms with Crippen molar-refractivity contribution in [1.29, 1.82) is 0 Å². The summed E-state index contributed by atoms with van der Waals surface area (Å²) in [4.78, 5) is 36.4. The van der Waals surface area contributed by atoms with Crippen LogP contribution in [-0.2, 0) is 0 Å². The molecule has 0 N–H and O–H groups in total. The third-order valence-corrected chi connectivity index (χ3v) is 5.65. The van der Waals surface area contributed by atoms with Crippen molar-refractivity contribution in [2.45, 2.75) is 18.9 Å². The minimum Gasteiger partial charge on any atom is -0.437 e. The first-order chi connectivity index (χ1) is 16.2. The second-order valence-corrected chi connectivity index (χ2v) is 8.02. The number of amides is 1. The standard InChI is InChI=1S/C24H19ClN6O2/c25-19-3-5-20(6-4-19)33-23-14-27-13-21(30-23)22-2-1-7-31(22)24(32)17-8-16(9-26-10-17)18-11-28-15-29-12-18/h3-6,8-15,22H,1-2,7H2/t22-/m1/s1. The Morgan fingerprint density at radius 1 is 0.939 bits per heavy atom. The van der Waals surface area contributed by atoms with Crippen LogP contribution in [0.3, 0.4) is 0 Å². The molecule has 1 saturated heterocycles. The first-order valence-electron chi connectivity index (χ1n) is 10.4. The molecule has 1 atom stereocenters. The largest absolute Gasteiger partial charge is 0.437 e. The molecule has 3 aromatic heterocycles. The molecule has 4 heterocycles. The third-order valence-electron chi connectivity index (χ3n) is 5.40. The van der Waals surface area contributed by atoms with Crippen LogP contribution in [0.4, 0.5) is 0 Å². The second-order valence-electron chi connectivity index (χ2n) is 7.58. The van der Waals surface area contributed by atoms with Crippen LogP contribution in [0.15, 0.2) is 73.8 Å². The van der Waals surface area contributed by atoms with Gasteiger partial charge in [-0.15, -0.1) is 0 Å². The zero-order valence-corrected chi connectivity index (χ0v) is 18.3. The van der Waals surface area contributed by atoms with Gasteiger partial charge in [-0.05, 0) is 43.2 Å². The molecular weight excluding hydrogens is 440 g/mol. The predicted octanol–water partition coefficient (Wildman–Crippen LogP) is 4.75. The number of carbonyl (C=O) groups is 1. The number of rotatable bonds is 5. The van der Waals surface area contributed by atoms with Gasteiger partial charge in [0, 0.05) is 47.5 Å². The normalized spacial score (nSPS) is 15.4. The molecule has 164 valence electrons. The molecule has 33 heavy (non-hydrogen) atoms. The van der Waals surface area contributed by atoms with Gasteiger partial charge in [-0.2, -0.15) is 0 Å². The predicted molar refractivity (Wildman–Crippen MR) is 122 cm³/mol. The van der Waals surface area contributed by atoms with Gasteiger partial charge in [-0.25, -0.2) is 15.0 Å². The van der Waals surface area contributed by atoms with E-state index in [1.807, 2.05) is 11.0 Å². The quantitative estimate of drug-likeness (QED) is 0.426. The van der Waals surface area contributed by atoms with Crippen LogP contribution in [-0.4, -0.2) is 42.3 Å². The molecule has 9 heteroatoms. The molecule has 5 rings (SSSR count). The van der Waals surface area contributed by atoms with Crippen molar-refractivity contribution in [3.63, 3.8) is 0 Å². The van der Waals surface area contributed by atoms with E-state index in [2.05, 4.69) is 24.9 Å². The highest BCUT2D eigenvalue weighted by atomic mass is 35.5. The fourth-order valence-electron chi connectivity index (χ4n) is 3.84. The van der Waals surface area contributed by atoms with Crippen LogP contribution in [0.2, 0.25) is 5.02 Å². The number of benzene rings is 1. The van der Waals surface area contributed by atoms with Crippen molar-refractivity contribution in [2.24, 2.45) is 0 Å². The Hall–Kier alpha value is -3.91. The van der Waals surface area contributed by atoms with Gasteiger partial charge in [0.05, 0.1) is 29.7 Å². The smallest absolute Gasteiger partial charge is 0.256 e. The lowest BCUT2D eigenvalue weighted by molar-refractivity contribution is 0.0732. The number of hydrogen-bond acceptors (Lipinski definition) is 7. The molecule has 1 fully saturated rings. The van der Waals surface area contributed by atoms with Crippen molar-refractivity contribution in [1.82, 2.24) is 29.8 Å². The fraction of sp³-hybridized carbons (Fsp3) is 0.167. The first kappa shape index (κ1) is 21.0. The number of likely N-dealkylation sites (tertiary alicyclic amines) is 1. The maximum atomic E-state index is 13.4. The van der Waals surface area contributed by atoms with E-state index in [9.17, 15) is 4.79 Å². The van der Waals surface area contributed by atoms with Crippen molar-refractivity contribution in [2.75, 3.05) is 6.54 Å². The van der Waals surface area contributed by atoms with Gasteiger partial charge in [0.2, 0.25) is 5.88 Å². The molecule has 1 aliphatic rings. The van der Waals surface area contributed by atoms with Crippen LogP contribution >= 0.6 is 11.6 Å². The average molecular weight is 459 g/mol. The first-order valence-corrected chi connectivity index (χ1v) is 10.8. The van der Waals surface area contributed by atoms with Crippen molar-refractivity contribution in [3.8, 4) is 22.8 Å². The highest BCUT2D eigenvalue weighted by Crippen LogP contribution is 2.33. The van der Waals surface area contributed by atoms with E-state index in [1.54, 1.807) is 61.4 Å². The molecule has 1 aliphatic heterocycles. The van der Waals surface area contributed by atoms with Crippen LogP contribution in [0.1, 0.15) is 34.9 Å². The van der Waals surface area contributed by atoms with Crippen molar-refractivity contribution < 1.29 is 9.53 Å². The maximum Gasteiger partial charge on any atom is 0.256 e. The molecule has 0 bridgehead atoms. The Balaban J connectivity index is 1.37. The Morgan fingerprint density at radius 3 is 2.52 bits per heavy atom. The van der Waals surface area contributed by atoms with Crippen molar-refractivity contribution in [3.05, 3.63) is 90.1 Å². The Kier molecular flexibility index (Phi) is 5.91. The Morgan fingerprint density at radius 2 is 1.70 bits per heavy atom. The number of hydrogen-bond donors (Lipinski definition) is 0. The lowest BCUT2D eigenvalue weighted by atomic mass is 10.1. The number of pyridine rings is 1. The van der Waals surface area contributed by atoms with E-state index in [0.29, 0.717) is 34.5 Å². The summed E-state index contributed by atoms with van der Waals surface area (Å²) in [5.41, 5.74) is 2.78. The van der Waals surface area contributed by atoms with E-state index >= 15 is 0 Å². The van der Waals surface area contributed by atoms with Crippen LogP contribution < -0.4 is 4.74 Å². The topological polar surface area (TPSA) is 94.0 Å². The minimum absolute atomic E-state index is 0.102. The highest BCUT2D eigenvalue weighted by Gasteiger charge is 2.32. The van der Waals surface area contributed by atoms with Gasteiger partial charge in [0.15, 0.2) is 0 Å². The number of halogens is 1. The molecule has 4 aromatic rings. The Bertz CT molecular complexity index is 1270. The van der Waals surface area contributed by atoms with E-state index in [4.69, 9.17) is 16.3 Å². The van der Waals surface area contributed by atoms with Gasteiger partial charge < -0.3 is 9.64 Å². The maximum absolute atomic E-state index is 13.4. The number of nitrogens with zero attached hydrogens (tertiary/aromatic N) is 6.